The van der Waals surface area contributed by atoms with Gasteiger partial charge in [-0.15, -0.1) is 0 Å². The minimum atomic E-state index is -0.548. The molecular formula is C19H18BrN5O3. The minimum Gasteiger partial charge on any atom is -0.493 e. The Balaban J connectivity index is 1.75. The summed E-state index contributed by atoms with van der Waals surface area (Å²) >= 11 is 3.52. The molecule has 1 aromatic heterocycles. The average Bonchev–Trinajstić information content (AvgIpc) is 2.70. The molecule has 0 radical (unpaired) electrons. The standard InChI is InChI=1S/C19H18BrN5O3/c1-12-18(22-19(26)25-23-12)24-21-10-14-8-15(20)17(16(9-14)27-2)28-11-13-6-4-3-5-7-13/h3-10H,11H2,1-2H3,(H2,22,24,25,26). The summed E-state index contributed by atoms with van der Waals surface area (Å²) in [5.74, 6) is 1.46. The number of rotatable bonds is 7. The van der Waals surface area contributed by atoms with E-state index < -0.39 is 5.69 Å². The van der Waals surface area contributed by atoms with Gasteiger partial charge in [0.05, 0.1) is 17.8 Å². The maximum absolute atomic E-state index is 11.2. The molecule has 2 aromatic carbocycles. The maximum Gasteiger partial charge on any atom is 0.363 e. The molecular weight excluding hydrogens is 426 g/mol. The van der Waals surface area contributed by atoms with E-state index in [0.29, 0.717) is 23.8 Å². The molecule has 1 heterocycles. The van der Waals surface area contributed by atoms with Crippen LogP contribution in [0.5, 0.6) is 11.5 Å². The van der Waals surface area contributed by atoms with Gasteiger partial charge < -0.3 is 9.47 Å². The number of benzene rings is 2. The molecule has 0 atom stereocenters. The number of aromatic amines is 1. The molecule has 0 unspecified atom stereocenters. The molecule has 8 nitrogen and oxygen atoms in total. The van der Waals surface area contributed by atoms with Gasteiger partial charge in [-0.25, -0.2) is 9.89 Å². The van der Waals surface area contributed by atoms with Gasteiger partial charge >= 0.3 is 5.69 Å². The summed E-state index contributed by atoms with van der Waals surface area (Å²) < 4.78 is 12.1. The number of hydrazone groups is 1. The predicted molar refractivity (Wildman–Crippen MR) is 110 cm³/mol. The number of hydrogen-bond donors (Lipinski definition) is 2. The maximum atomic E-state index is 11.2. The van der Waals surface area contributed by atoms with Crippen LogP contribution in [0.15, 0.2) is 56.8 Å². The lowest BCUT2D eigenvalue weighted by atomic mass is 10.2. The van der Waals surface area contributed by atoms with Gasteiger partial charge in [0.25, 0.3) is 0 Å². The summed E-state index contributed by atoms with van der Waals surface area (Å²) in [5.41, 5.74) is 4.51. The van der Waals surface area contributed by atoms with Gasteiger partial charge in [-0.2, -0.15) is 15.2 Å². The van der Waals surface area contributed by atoms with Crippen molar-refractivity contribution < 1.29 is 9.47 Å². The van der Waals surface area contributed by atoms with E-state index in [1.165, 1.54) is 0 Å². The summed E-state index contributed by atoms with van der Waals surface area (Å²) in [5, 5.41) is 10.2. The smallest absolute Gasteiger partial charge is 0.363 e. The molecule has 144 valence electrons. The van der Waals surface area contributed by atoms with E-state index in [4.69, 9.17) is 9.47 Å². The molecule has 3 rings (SSSR count). The first kappa shape index (κ1) is 19.6. The van der Waals surface area contributed by atoms with Crippen LogP contribution < -0.4 is 20.6 Å². The van der Waals surface area contributed by atoms with Crippen molar-refractivity contribution in [1.29, 1.82) is 0 Å². The zero-order chi connectivity index (χ0) is 19.9. The van der Waals surface area contributed by atoms with Crippen LogP contribution in [0.25, 0.3) is 0 Å². The summed E-state index contributed by atoms with van der Waals surface area (Å²) in [6.07, 6.45) is 1.58. The third-order valence-electron chi connectivity index (χ3n) is 3.74. The third-order valence-corrected chi connectivity index (χ3v) is 4.33. The van der Waals surface area contributed by atoms with Gasteiger partial charge in [0.15, 0.2) is 17.3 Å². The SMILES string of the molecule is COc1cc(C=NNc2nc(=O)[nH]nc2C)cc(Br)c1OCc1ccccc1. The zero-order valence-corrected chi connectivity index (χ0v) is 16.9. The normalized spacial score (nSPS) is 10.8. The lowest BCUT2D eigenvalue weighted by Gasteiger charge is -2.13. The Morgan fingerprint density at radius 1 is 1.29 bits per heavy atom. The second-order valence-corrected chi connectivity index (χ2v) is 6.61. The fourth-order valence-corrected chi connectivity index (χ4v) is 2.92. The van der Waals surface area contributed by atoms with Gasteiger partial charge in [0.1, 0.15) is 12.3 Å². The summed E-state index contributed by atoms with van der Waals surface area (Å²) in [6, 6.07) is 13.5. The van der Waals surface area contributed by atoms with Crippen molar-refractivity contribution in [2.75, 3.05) is 12.5 Å². The van der Waals surface area contributed by atoms with E-state index in [1.807, 2.05) is 36.4 Å². The van der Waals surface area contributed by atoms with E-state index in [0.717, 1.165) is 15.6 Å². The van der Waals surface area contributed by atoms with Crippen LogP contribution in [0.3, 0.4) is 0 Å². The largest absolute Gasteiger partial charge is 0.493 e. The first-order valence-electron chi connectivity index (χ1n) is 8.33. The van der Waals surface area contributed by atoms with E-state index >= 15 is 0 Å². The van der Waals surface area contributed by atoms with Gasteiger partial charge in [0, 0.05) is 0 Å². The number of hydrogen-bond acceptors (Lipinski definition) is 7. The molecule has 0 bridgehead atoms. The quantitative estimate of drug-likeness (QED) is 0.429. The Labute approximate surface area is 169 Å². The lowest BCUT2D eigenvalue weighted by molar-refractivity contribution is 0.282. The molecule has 0 aliphatic heterocycles. The first-order chi connectivity index (χ1) is 13.6. The van der Waals surface area contributed by atoms with Gasteiger partial charge in [0.2, 0.25) is 0 Å². The predicted octanol–water partition coefficient (Wildman–Crippen LogP) is 3.27. The van der Waals surface area contributed by atoms with Crippen molar-refractivity contribution in [1.82, 2.24) is 15.2 Å². The highest BCUT2D eigenvalue weighted by atomic mass is 79.9. The summed E-state index contributed by atoms with van der Waals surface area (Å²) in [6.45, 7) is 2.13. The van der Waals surface area contributed by atoms with Crippen LogP contribution in [-0.4, -0.2) is 28.5 Å². The fourth-order valence-electron chi connectivity index (χ4n) is 2.35. The highest BCUT2D eigenvalue weighted by molar-refractivity contribution is 9.10. The van der Waals surface area contributed by atoms with E-state index in [1.54, 1.807) is 26.3 Å². The number of nitrogens with one attached hydrogen (secondary N) is 2. The molecule has 0 aliphatic rings. The van der Waals surface area contributed by atoms with Gasteiger partial charge in [-0.1, -0.05) is 30.3 Å². The Morgan fingerprint density at radius 3 is 2.82 bits per heavy atom. The highest BCUT2D eigenvalue weighted by Crippen LogP contribution is 2.36. The van der Waals surface area contributed by atoms with E-state index in [2.05, 4.69) is 41.6 Å². The number of aromatic nitrogens is 3. The van der Waals surface area contributed by atoms with Crippen LogP contribution in [-0.2, 0) is 6.61 Å². The van der Waals surface area contributed by atoms with Crippen molar-refractivity contribution in [3.63, 3.8) is 0 Å². The van der Waals surface area contributed by atoms with Crippen LogP contribution in [0.2, 0.25) is 0 Å². The molecule has 0 spiro atoms. The second kappa shape index (κ2) is 9.14. The molecule has 0 amide bonds. The summed E-state index contributed by atoms with van der Waals surface area (Å²) in [4.78, 5) is 15.0. The number of H-pyrrole nitrogens is 1. The van der Waals surface area contributed by atoms with Gasteiger partial charge in [-0.3, -0.25) is 5.43 Å². The van der Waals surface area contributed by atoms with Crippen LogP contribution >= 0.6 is 15.9 Å². The van der Waals surface area contributed by atoms with Crippen molar-refractivity contribution in [2.24, 2.45) is 5.10 Å². The first-order valence-corrected chi connectivity index (χ1v) is 9.13. The van der Waals surface area contributed by atoms with Crippen molar-refractivity contribution in [3.05, 3.63) is 74.2 Å². The monoisotopic (exact) mass is 443 g/mol. The van der Waals surface area contributed by atoms with Crippen LogP contribution in [0.4, 0.5) is 5.82 Å². The second-order valence-electron chi connectivity index (χ2n) is 5.75. The number of nitrogens with zero attached hydrogens (tertiary/aromatic N) is 3. The van der Waals surface area contributed by atoms with E-state index in [9.17, 15) is 4.79 Å². The number of methoxy groups -OCH3 is 1. The van der Waals surface area contributed by atoms with Crippen LogP contribution in [0, 0.1) is 6.92 Å². The third kappa shape index (κ3) is 4.95. The van der Waals surface area contributed by atoms with E-state index in [-0.39, 0.29) is 5.82 Å². The molecule has 2 N–H and O–H groups in total. The highest BCUT2D eigenvalue weighted by Gasteiger charge is 2.11. The average molecular weight is 444 g/mol. The number of anilines is 1. The van der Waals surface area contributed by atoms with Crippen molar-refractivity contribution in [2.45, 2.75) is 13.5 Å². The zero-order valence-electron chi connectivity index (χ0n) is 15.3. The molecule has 28 heavy (non-hydrogen) atoms. The molecule has 0 saturated carbocycles. The van der Waals surface area contributed by atoms with Crippen molar-refractivity contribution >= 4 is 28.0 Å². The molecule has 3 aromatic rings. The Morgan fingerprint density at radius 2 is 2.07 bits per heavy atom. The molecule has 0 fully saturated rings. The minimum absolute atomic E-state index is 0.286. The Hall–Kier alpha value is -3.20. The number of aryl methyl sites for hydroxylation is 1. The van der Waals surface area contributed by atoms with Crippen molar-refractivity contribution in [3.8, 4) is 11.5 Å². The molecule has 0 aliphatic carbocycles. The summed E-state index contributed by atoms with van der Waals surface area (Å²) in [7, 11) is 1.57. The van der Waals surface area contributed by atoms with Gasteiger partial charge in [-0.05, 0) is 46.1 Å². The topological polar surface area (TPSA) is 101 Å². The number of halogens is 1. The van der Waals surface area contributed by atoms with Crippen LogP contribution in [0.1, 0.15) is 16.8 Å². The lowest BCUT2D eigenvalue weighted by Crippen LogP contribution is -2.15. The Kier molecular flexibility index (Phi) is 6.38. The molecule has 9 heteroatoms. The molecule has 0 saturated heterocycles. The Bertz CT molecular complexity index is 1040. The number of ether oxygens (including phenoxy) is 2. The fraction of sp³-hybridized carbons (Fsp3) is 0.158.